The molecule has 0 bridgehead atoms. The summed E-state index contributed by atoms with van der Waals surface area (Å²) in [6.45, 7) is 2.44. The smallest absolute Gasteiger partial charge is 0.340 e. The standard InChI is InChI=1S/C21H31Cl2NO5/c1-2-3-12-18(28-14-9-5-8-13-21(22,23)20(26)27)29-19(25)17(24)15-16-10-6-4-7-11-16/h4,6-7,10-11,17-18H,2-3,5,8-9,12-15,24H2,1H3,(H,26,27). The van der Waals surface area contributed by atoms with Crippen molar-refractivity contribution in [2.45, 2.75) is 75.0 Å². The van der Waals surface area contributed by atoms with Crippen LogP contribution in [0.1, 0.15) is 57.4 Å². The molecule has 3 N–H and O–H groups in total. The highest BCUT2D eigenvalue weighted by atomic mass is 35.5. The molecule has 29 heavy (non-hydrogen) atoms. The fourth-order valence-electron chi connectivity index (χ4n) is 2.66. The minimum atomic E-state index is -1.76. The largest absolute Gasteiger partial charge is 0.479 e. The van der Waals surface area contributed by atoms with Gasteiger partial charge in [0, 0.05) is 6.42 Å². The molecule has 0 radical (unpaired) electrons. The molecule has 1 aromatic carbocycles. The van der Waals surface area contributed by atoms with Gasteiger partial charge in [-0.15, -0.1) is 0 Å². The van der Waals surface area contributed by atoms with E-state index < -0.39 is 28.6 Å². The van der Waals surface area contributed by atoms with Crippen LogP contribution in [0, 0.1) is 0 Å². The van der Waals surface area contributed by atoms with Crippen LogP contribution >= 0.6 is 23.2 Å². The first-order valence-electron chi connectivity index (χ1n) is 9.99. The molecule has 0 amide bonds. The molecule has 2 atom stereocenters. The number of carbonyl (C=O) groups excluding carboxylic acids is 1. The molecule has 0 spiro atoms. The van der Waals surface area contributed by atoms with Crippen molar-refractivity contribution in [1.29, 1.82) is 0 Å². The van der Waals surface area contributed by atoms with Gasteiger partial charge in [0.25, 0.3) is 0 Å². The van der Waals surface area contributed by atoms with Crippen LogP contribution in [0.3, 0.4) is 0 Å². The summed E-state index contributed by atoms with van der Waals surface area (Å²) in [5.74, 6) is -1.72. The Morgan fingerprint density at radius 1 is 1.14 bits per heavy atom. The molecule has 164 valence electrons. The topological polar surface area (TPSA) is 98.9 Å². The Labute approximate surface area is 182 Å². The van der Waals surface area contributed by atoms with Crippen LogP contribution in [0.5, 0.6) is 0 Å². The lowest BCUT2D eigenvalue weighted by molar-refractivity contribution is -0.182. The lowest BCUT2D eigenvalue weighted by Crippen LogP contribution is -2.37. The van der Waals surface area contributed by atoms with E-state index in [0.717, 1.165) is 18.4 Å². The average molecular weight is 448 g/mol. The molecule has 6 nitrogen and oxygen atoms in total. The molecule has 1 aromatic rings. The van der Waals surface area contributed by atoms with Crippen molar-refractivity contribution in [2.24, 2.45) is 5.73 Å². The van der Waals surface area contributed by atoms with Gasteiger partial charge < -0.3 is 20.3 Å². The van der Waals surface area contributed by atoms with E-state index in [2.05, 4.69) is 0 Å². The summed E-state index contributed by atoms with van der Waals surface area (Å²) in [6.07, 6.45) is 4.30. The normalized spacial score (nSPS) is 13.7. The second-order valence-electron chi connectivity index (χ2n) is 7.00. The first-order valence-corrected chi connectivity index (χ1v) is 10.7. The summed E-state index contributed by atoms with van der Waals surface area (Å²) < 4.78 is 9.43. The number of nitrogens with two attached hydrogens (primary N) is 1. The van der Waals surface area contributed by atoms with Gasteiger partial charge in [0.05, 0.1) is 6.61 Å². The van der Waals surface area contributed by atoms with Crippen LogP contribution in [-0.4, -0.2) is 40.3 Å². The van der Waals surface area contributed by atoms with Gasteiger partial charge in [-0.25, -0.2) is 4.79 Å². The van der Waals surface area contributed by atoms with Crippen molar-refractivity contribution < 1.29 is 24.2 Å². The number of benzene rings is 1. The lowest BCUT2D eigenvalue weighted by Gasteiger charge is -2.21. The van der Waals surface area contributed by atoms with E-state index in [0.29, 0.717) is 38.7 Å². The van der Waals surface area contributed by atoms with E-state index in [9.17, 15) is 9.59 Å². The molecule has 0 heterocycles. The third-order valence-electron chi connectivity index (χ3n) is 4.39. The number of hydrogen-bond acceptors (Lipinski definition) is 5. The fourth-order valence-corrected chi connectivity index (χ4v) is 2.93. The van der Waals surface area contributed by atoms with Gasteiger partial charge >= 0.3 is 11.9 Å². The summed E-state index contributed by atoms with van der Waals surface area (Å²) in [5, 5.41) is 8.87. The minimum absolute atomic E-state index is 0.161. The predicted molar refractivity (Wildman–Crippen MR) is 114 cm³/mol. The molecular formula is C21H31Cl2NO5. The van der Waals surface area contributed by atoms with Gasteiger partial charge in [0.1, 0.15) is 6.04 Å². The Morgan fingerprint density at radius 3 is 2.45 bits per heavy atom. The van der Waals surface area contributed by atoms with Crippen molar-refractivity contribution in [3.8, 4) is 0 Å². The van der Waals surface area contributed by atoms with Gasteiger partial charge in [-0.2, -0.15) is 0 Å². The highest BCUT2D eigenvalue weighted by Gasteiger charge is 2.32. The number of rotatable bonds is 15. The number of alkyl halides is 2. The van der Waals surface area contributed by atoms with E-state index in [1.807, 2.05) is 37.3 Å². The van der Waals surface area contributed by atoms with Crippen LogP contribution in [-0.2, 0) is 25.5 Å². The Morgan fingerprint density at radius 2 is 1.83 bits per heavy atom. The van der Waals surface area contributed by atoms with E-state index in [1.54, 1.807) is 0 Å². The van der Waals surface area contributed by atoms with E-state index in [-0.39, 0.29) is 6.42 Å². The number of ether oxygens (including phenoxy) is 2. The number of carboxylic acids is 1. The zero-order valence-electron chi connectivity index (χ0n) is 16.8. The Balaban J connectivity index is 2.37. The number of unbranched alkanes of at least 4 members (excludes halogenated alkanes) is 3. The first kappa shape index (κ1) is 25.7. The molecule has 0 saturated carbocycles. The van der Waals surface area contributed by atoms with Crippen molar-refractivity contribution in [1.82, 2.24) is 0 Å². The molecule has 2 unspecified atom stereocenters. The van der Waals surface area contributed by atoms with Crippen LogP contribution in [0.25, 0.3) is 0 Å². The lowest BCUT2D eigenvalue weighted by atomic mass is 10.1. The number of carboxylic acid groups (broad SMARTS) is 1. The predicted octanol–water partition coefficient (Wildman–Crippen LogP) is 4.45. The van der Waals surface area contributed by atoms with Gasteiger partial charge in [-0.05, 0) is 37.7 Å². The van der Waals surface area contributed by atoms with Crippen LogP contribution in [0.2, 0.25) is 0 Å². The van der Waals surface area contributed by atoms with Crippen molar-refractivity contribution in [2.75, 3.05) is 6.61 Å². The number of aliphatic carboxylic acids is 1. The zero-order valence-corrected chi connectivity index (χ0v) is 18.3. The number of hydrogen-bond donors (Lipinski definition) is 2. The Bertz CT molecular complexity index is 612. The fraction of sp³-hybridized carbons (Fsp3) is 0.619. The van der Waals surface area contributed by atoms with Gasteiger partial charge in [0.15, 0.2) is 0 Å². The quantitative estimate of drug-likeness (QED) is 0.178. The van der Waals surface area contributed by atoms with Gasteiger partial charge in [-0.3, -0.25) is 4.79 Å². The maximum atomic E-state index is 12.3. The zero-order chi connectivity index (χ0) is 21.7. The molecule has 0 aromatic heterocycles. The summed E-state index contributed by atoms with van der Waals surface area (Å²) in [6, 6.07) is 8.79. The molecule has 0 aliphatic carbocycles. The van der Waals surface area contributed by atoms with E-state index >= 15 is 0 Å². The highest BCUT2D eigenvalue weighted by molar-refractivity contribution is 6.57. The Kier molecular flexibility index (Phi) is 12.2. The SMILES string of the molecule is CCCCC(OCCCCCC(Cl)(Cl)C(=O)O)OC(=O)C(N)Cc1ccccc1. The third kappa shape index (κ3) is 10.8. The van der Waals surface area contributed by atoms with Crippen LogP contribution in [0.4, 0.5) is 0 Å². The molecule has 1 rings (SSSR count). The average Bonchev–Trinajstić information content (AvgIpc) is 2.68. The third-order valence-corrected chi connectivity index (χ3v) is 5.10. The second kappa shape index (κ2) is 13.8. The molecule has 0 aliphatic rings. The highest BCUT2D eigenvalue weighted by Crippen LogP contribution is 2.28. The minimum Gasteiger partial charge on any atom is -0.479 e. The van der Waals surface area contributed by atoms with Gasteiger partial charge in [0.2, 0.25) is 10.6 Å². The van der Waals surface area contributed by atoms with E-state index in [1.165, 1.54) is 0 Å². The van der Waals surface area contributed by atoms with Crippen molar-refractivity contribution >= 4 is 35.1 Å². The summed E-state index contributed by atoms with van der Waals surface area (Å²) >= 11 is 11.4. The monoisotopic (exact) mass is 447 g/mol. The van der Waals surface area contributed by atoms with Crippen molar-refractivity contribution in [3.63, 3.8) is 0 Å². The first-order chi connectivity index (χ1) is 13.8. The van der Waals surface area contributed by atoms with E-state index in [4.69, 9.17) is 43.5 Å². The second-order valence-corrected chi connectivity index (χ2v) is 8.48. The van der Waals surface area contributed by atoms with Crippen molar-refractivity contribution in [3.05, 3.63) is 35.9 Å². The number of halogens is 2. The molecule has 0 aliphatic heterocycles. The van der Waals surface area contributed by atoms with Gasteiger partial charge in [-0.1, -0.05) is 73.3 Å². The van der Waals surface area contributed by atoms with Crippen LogP contribution in [0.15, 0.2) is 30.3 Å². The Hall–Kier alpha value is -1.34. The number of carbonyl (C=O) groups is 2. The molecule has 0 fully saturated rings. The number of esters is 1. The summed E-state index contributed by atoms with van der Waals surface area (Å²) in [7, 11) is 0. The van der Waals surface area contributed by atoms with Crippen LogP contribution < -0.4 is 5.73 Å². The molecule has 0 saturated heterocycles. The molecule has 8 heteroatoms. The maximum Gasteiger partial charge on any atom is 0.340 e. The maximum absolute atomic E-state index is 12.3. The summed E-state index contributed by atoms with van der Waals surface area (Å²) in [4.78, 5) is 23.2. The molecular weight excluding hydrogens is 417 g/mol. The summed E-state index contributed by atoms with van der Waals surface area (Å²) in [5.41, 5.74) is 6.95.